The van der Waals surface area contributed by atoms with Crippen molar-refractivity contribution >= 4 is 11.6 Å². The minimum Gasteiger partial charge on any atom is -0.316 e. The largest absolute Gasteiger partial charge is 0.316 e. The third-order valence-electron chi connectivity index (χ3n) is 3.50. The van der Waals surface area contributed by atoms with E-state index < -0.39 is 0 Å². The molecule has 0 heterocycles. The second kappa shape index (κ2) is 4.72. The number of benzene rings is 1. The average Bonchev–Trinajstić information content (AvgIpc) is 2.97. The van der Waals surface area contributed by atoms with Crippen molar-refractivity contribution in [1.29, 1.82) is 0 Å². The van der Waals surface area contributed by atoms with Gasteiger partial charge in [-0.2, -0.15) is 0 Å². The van der Waals surface area contributed by atoms with Gasteiger partial charge in [-0.3, -0.25) is 0 Å². The third kappa shape index (κ3) is 2.55. The van der Waals surface area contributed by atoms with E-state index in [2.05, 4.69) is 12.2 Å². The van der Waals surface area contributed by atoms with Crippen LogP contribution in [0.3, 0.4) is 0 Å². The Morgan fingerprint density at radius 2 is 2.25 bits per heavy atom. The van der Waals surface area contributed by atoms with Crippen LogP contribution in [0.25, 0.3) is 0 Å². The van der Waals surface area contributed by atoms with E-state index in [-0.39, 0.29) is 10.8 Å². The highest BCUT2D eigenvalue weighted by Gasteiger charge is 2.38. The molecule has 0 amide bonds. The Balaban J connectivity index is 2.04. The molecule has 1 fully saturated rings. The third-order valence-corrected chi connectivity index (χ3v) is 3.79. The van der Waals surface area contributed by atoms with E-state index in [0.29, 0.717) is 6.04 Å². The number of hydrogen-bond acceptors (Lipinski definition) is 1. The van der Waals surface area contributed by atoms with Crippen LogP contribution in [-0.4, -0.2) is 13.1 Å². The molecular weight excluding hydrogens is 225 g/mol. The SMILES string of the molecule is CNC(Cc1ccc(F)c(Cl)c1)C1CC1C. The zero-order valence-corrected chi connectivity index (χ0v) is 10.4. The van der Waals surface area contributed by atoms with Crippen LogP contribution < -0.4 is 5.32 Å². The molecule has 0 saturated heterocycles. The van der Waals surface area contributed by atoms with Gasteiger partial charge in [-0.05, 0) is 49.4 Å². The van der Waals surface area contributed by atoms with E-state index in [1.807, 2.05) is 13.1 Å². The smallest absolute Gasteiger partial charge is 0.141 e. The Morgan fingerprint density at radius 3 is 2.75 bits per heavy atom. The Hall–Kier alpha value is -0.600. The molecule has 1 N–H and O–H groups in total. The summed E-state index contributed by atoms with van der Waals surface area (Å²) in [6.45, 7) is 2.27. The molecule has 3 atom stereocenters. The molecule has 3 heteroatoms. The van der Waals surface area contributed by atoms with Crippen LogP contribution in [0.2, 0.25) is 5.02 Å². The molecule has 0 bridgehead atoms. The van der Waals surface area contributed by atoms with Gasteiger partial charge in [0.25, 0.3) is 0 Å². The van der Waals surface area contributed by atoms with E-state index >= 15 is 0 Å². The fourth-order valence-corrected chi connectivity index (χ4v) is 2.50. The Morgan fingerprint density at radius 1 is 1.56 bits per heavy atom. The van der Waals surface area contributed by atoms with Crippen LogP contribution in [0.1, 0.15) is 18.9 Å². The predicted octanol–water partition coefficient (Wildman–Crippen LogP) is 3.27. The van der Waals surface area contributed by atoms with Crippen LogP contribution in [0.4, 0.5) is 4.39 Å². The summed E-state index contributed by atoms with van der Waals surface area (Å²) in [7, 11) is 1.99. The maximum Gasteiger partial charge on any atom is 0.141 e. The maximum atomic E-state index is 13.0. The zero-order chi connectivity index (χ0) is 11.7. The number of hydrogen-bond donors (Lipinski definition) is 1. The summed E-state index contributed by atoms with van der Waals surface area (Å²) in [5.74, 6) is 1.23. The molecule has 0 spiro atoms. The van der Waals surface area contributed by atoms with Gasteiger partial charge >= 0.3 is 0 Å². The summed E-state index contributed by atoms with van der Waals surface area (Å²) in [6.07, 6.45) is 2.21. The molecule has 1 nitrogen and oxygen atoms in total. The van der Waals surface area contributed by atoms with Gasteiger partial charge in [0.2, 0.25) is 0 Å². The molecular formula is C13H17ClFN. The van der Waals surface area contributed by atoms with E-state index in [0.717, 1.165) is 23.8 Å². The van der Waals surface area contributed by atoms with Gasteiger partial charge in [0, 0.05) is 6.04 Å². The van der Waals surface area contributed by atoms with Crippen LogP contribution in [0, 0.1) is 17.7 Å². The molecule has 1 aromatic carbocycles. The molecule has 88 valence electrons. The van der Waals surface area contributed by atoms with Crippen molar-refractivity contribution in [3.63, 3.8) is 0 Å². The van der Waals surface area contributed by atoms with Crippen molar-refractivity contribution in [3.05, 3.63) is 34.6 Å². The van der Waals surface area contributed by atoms with Crippen LogP contribution in [-0.2, 0) is 6.42 Å². The summed E-state index contributed by atoms with van der Waals surface area (Å²) < 4.78 is 13.0. The highest BCUT2D eigenvalue weighted by molar-refractivity contribution is 6.30. The highest BCUT2D eigenvalue weighted by Crippen LogP contribution is 2.41. The summed E-state index contributed by atoms with van der Waals surface area (Å²) in [6, 6.07) is 5.48. The summed E-state index contributed by atoms with van der Waals surface area (Å²) >= 11 is 5.77. The quantitative estimate of drug-likeness (QED) is 0.853. The predicted molar refractivity (Wildman–Crippen MR) is 65.2 cm³/mol. The molecule has 16 heavy (non-hydrogen) atoms. The van der Waals surface area contributed by atoms with Crippen molar-refractivity contribution < 1.29 is 4.39 Å². The van der Waals surface area contributed by atoms with Gasteiger partial charge in [-0.1, -0.05) is 24.6 Å². The van der Waals surface area contributed by atoms with Crippen LogP contribution in [0.15, 0.2) is 18.2 Å². The molecule has 0 aromatic heterocycles. The minimum atomic E-state index is -0.341. The van der Waals surface area contributed by atoms with Gasteiger partial charge in [-0.15, -0.1) is 0 Å². The number of halogens is 2. The van der Waals surface area contributed by atoms with E-state index in [9.17, 15) is 4.39 Å². The van der Waals surface area contributed by atoms with Crippen molar-refractivity contribution in [2.24, 2.45) is 11.8 Å². The van der Waals surface area contributed by atoms with Crippen molar-refractivity contribution in [1.82, 2.24) is 5.32 Å². The minimum absolute atomic E-state index is 0.219. The lowest BCUT2D eigenvalue weighted by atomic mass is 10.0. The molecule has 0 aliphatic heterocycles. The van der Waals surface area contributed by atoms with Crippen molar-refractivity contribution in [2.75, 3.05) is 7.05 Å². The first-order chi connectivity index (χ1) is 7.61. The fraction of sp³-hybridized carbons (Fsp3) is 0.538. The average molecular weight is 242 g/mol. The molecule has 0 radical (unpaired) electrons. The number of nitrogens with one attached hydrogen (secondary N) is 1. The van der Waals surface area contributed by atoms with Gasteiger partial charge in [0.15, 0.2) is 0 Å². The second-order valence-electron chi connectivity index (χ2n) is 4.72. The lowest BCUT2D eigenvalue weighted by Gasteiger charge is -2.16. The molecule has 3 unspecified atom stereocenters. The van der Waals surface area contributed by atoms with Gasteiger partial charge in [-0.25, -0.2) is 4.39 Å². The first-order valence-corrected chi connectivity index (χ1v) is 6.10. The molecule has 1 saturated carbocycles. The topological polar surface area (TPSA) is 12.0 Å². The molecule has 1 aliphatic carbocycles. The summed E-state index contributed by atoms with van der Waals surface area (Å²) in [5.41, 5.74) is 1.10. The number of likely N-dealkylation sites (N-methyl/N-ethyl adjacent to an activating group) is 1. The van der Waals surface area contributed by atoms with Crippen LogP contribution >= 0.6 is 11.6 Å². The highest BCUT2D eigenvalue weighted by atomic mass is 35.5. The molecule has 1 aliphatic rings. The Kier molecular flexibility index (Phi) is 3.50. The number of rotatable bonds is 4. The van der Waals surface area contributed by atoms with Gasteiger partial charge in [0.1, 0.15) is 5.82 Å². The van der Waals surface area contributed by atoms with E-state index in [1.165, 1.54) is 12.5 Å². The van der Waals surface area contributed by atoms with Gasteiger partial charge < -0.3 is 5.32 Å². The first-order valence-electron chi connectivity index (χ1n) is 5.73. The monoisotopic (exact) mass is 241 g/mol. The van der Waals surface area contributed by atoms with E-state index in [4.69, 9.17) is 11.6 Å². The maximum absolute atomic E-state index is 13.0. The van der Waals surface area contributed by atoms with Crippen molar-refractivity contribution in [2.45, 2.75) is 25.8 Å². The zero-order valence-electron chi connectivity index (χ0n) is 9.63. The fourth-order valence-electron chi connectivity index (χ4n) is 2.30. The molecule has 1 aromatic rings. The van der Waals surface area contributed by atoms with Gasteiger partial charge in [0.05, 0.1) is 5.02 Å². The van der Waals surface area contributed by atoms with E-state index in [1.54, 1.807) is 6.07 Å². The Bertz CT molecular complexity index is 380. The molecule has 2 rings (SSSR count). The van der Waals surface area contributed by atoms with Crippen LogP contribution in [0.5, 0.6) is 0 Å². The van der Waals surface area contributed by atoms with Crippen molar-refractivity contribution in [3.8, 4) is 0 Å². The first kappa shape index (κ1) is 11.9. The second-order valence-corrected chi connectivity index (χ2v) is 5.13. The lowest BCUT2D eigenvalue weighted by molar-refractivity contribution is 0.479. The standard InChI is InChI=1S/C13H17ClFN/c1-8-5-10(8)13(16-2)7-9-3-4-12(15)11(14)6-9/h3-4,6,8,10,13,16H,5,7H2,1-2H3. The Labute approximate surface area is 101 Å². The summed E-state index contributed by atoms with van der Waals surface area (Å²) in [5, 5.41) is 3.56. The normalized spacial score (nSPS) is 25.5. The lowest BCUT2D eigenvalue weighted by Crippen LogP contribution is -2.30. The summed E-state index contributed by atoms with van der Waals surface area (Å²) in [4.78, 5) is 0.